The molecule has 0 spiro atoms. The largest absolute Gasteiger partial charge is 0.384 e. The van der Waals surface area contributed by atoms with Crippen LogP contribution in [0.4, 0.5) is 11.5 Å². The number of rotatable bonds is 2. The molecule has 0 aliphatic heterocycles. The Morgan fingerprint density at radius 2 is 1.83 bits per heavy atom. The van der Waals surface area contributed by atoms with E-state index in [1.807, 2.05) is 0 Å². The molecule has 3 N–H and O–H groups in total. The van der Waals surface area contributed by atoms with Crippen LogP contribution in [-0.2, 0) is 0 Å². The Hall–Kier alpha value is -1.78. The van der Waals surface area contributed by atoms with Crippen LogP contribution >= 0.6 is 23.2 Å². The van der Waals surface area contributed by atoms with Gasteiger partial charge in [0.15, 0.2) is 0 Å². The van der Waals surface area contributed by atoms with E-state index < -0.39 is 0 Å². The smallest absolute Gasteiger partial charge is 0.255 e. The number of nitrogen functional groups attached to an aromatic ring is 1. The first-order chi connectivity index (χ1) is 8.54. The Morgan fingerprint density at radius 3 is 2.44 bits per heavy atom. The van der Waals surface area contributed by atoms with E-state index in [1.165, 1.54) is 12.1 Å². The van der Waals surface area contributed by atoms with Gasteiger partial charge in [0.05, 0.1) is 0 Å². The lowest BCUT2D eigenvalue weighted by molar-refractivity contribution is 0.102. The van der Waals surface area contributed by atoms with Crippen LogP contribution < -0.4 is 11.1 Å². The molecular formula is C12H9Cl2N3O. The van der Waals surface area contributed by atoms with E-state index in [-0.39, 0.29) is 16.9 Å². The van der Waals surface area contributed by atoms with Gasteiger partial charge in [-0.1, -0.05) is 23.2 Å². The van der Waals surface area contributed by atoms with Crippen LogP contribution in [0.1, 0.15) is 10.4 Å². The standard InChI is InChI=1S/C12H9Cl2N3O/c13-8-1-3-9(4-2-8)16-12(18)7-5-10(14)17-11(15)6-7/h1-6H,(H2,15,17)(H,16,18). The summed E-state index contributed by atoms with van der Waals surface area (Å²) in [5.74, 6) is -0.114. The van der Waals surface area contributed by atoms with Gasteiger partial charge in [0.1, 0.15) is 11.0 Å². The van der Waals surface area contributed by atoms with Crippen molar-refractivity contribution in [2.45, 2.75) is 0 Å². The lowest BCUT2D eigenvalue weighted by atomic mass is 10.2. The van der Waals surface area contributed by atoms with Gasteiger partial charge >= 0.3 is 0 Å². The Bertz CT molecular complexity index is 564. The van der Waals surface area contributed by atoms with E-state index in [2.05, 4.69) is 10.3 Å². The first-order valence-electron chi connectivity index (χ1n) is 5.04. The molecule has 0 atom stereocenters. The number of hydrogen-bond acceptors (Lipinski definition) is 3. The molecule has 2 rings (SSSR count). The molecular weight excluding hydrogens is 273 g/mol. The first kappa shape index (κ1) is 12.7. The second kappa shape index (κ2) is 5.25. The van der Waals surface area contributed by atoms with Crippen LogP contribution in [0.3, 0.4) is 0 Å². The molecule has 1 amide bonds. The number of benzene rings is 1. The number of nitrogens with two attached hydrogens (primary N) is 1. The van der Waals surface area contributed by atoms with Gasteiger partial charge < -0.3 is 11.1 Å². The SMILES string of the molecule is Nc1cc(C(=O)Nc2ccc(Cl)cc2)cc(Cl)n1. The van der Waals surface area contributed by atoms with Crippen LogP contribution in [0.15, 0.2) is 36.4 Å². The summed E-state index contributed by atoms with van der Waals surface area (Å²) in [6.45, 7) is 0. The van der Waals surface area contributed by atoms with Crippen LogP contribution in [0.25, 0.3) is 0 Å². The Labute approximate surface area is 114 Å². The number of nitrogens with one attached hydrogen (secondary N) is 1. The van der Waals surface area contributed by atoms with E-state index in [0.717, 1.165) is 0 Å². The topological polar surface area (TPSA) is 68.0 Å². The van der Waals surface area contributed by atoms with Crippen molar-refractivity contribution in [2.24, 2.45) is 0 Å². The number of aromatic nitrogens is 1. The highest BCUT2D eigenvalue weighted by atomic mass is 35.5. The monoisotopic (exact) mass is 281 g/mol. The van der Waals surface area contributed by atoms with E-state index in [9.17, 15) is 4.79 Å². The van der Waals surface area contributed by atoms with Crippen molar-refractivity contribution in [2.75, 3.05) is 11.1 Å². The highest BCUT2D eigenvalue weighted by Gasteiger charge is 2.08. The van der Waals surface area contributed by atoms with Gasteiger partial charge in [-0.3, -0.25) is 4.79 Å². The van der Waals surface area contributed by atoms with Gasteiger partial charge in [0.25, 0.3) is 5.91 Å². The third-order valence-corrected chi connectivity index (χ3v) is 2.62. The summed E-state index contributed by atoms with van der Waals surface area (Å²) in [5.41, 5.74) is 6.50. The number of pyridine rings is 1. The van der Waals surface area contributed by atoms with Gasteiger partial charge in [0.2, 0.25) is 0 Å². The molecule has 1 heterocycles. The molecule has 0 aliphatic carbocycles. The number of carbonyl (C=O) groups is 1. The molecule has 0 fully saturated rings. The molecule has 0 saturated heterocycles. The maximum absolute atomic E-state index is 11.9. The average molecular weight is 282 g/mol. The fraction of sp³-hybridized carbons (Fsp3) is 0. The predicted molar refractivity (Wildman–Crippen MR) is 73.1 cm³/mol. The van der Waals surface area contributed by atoms with Crippen molar-refractivity contribution in [1.82, 2.24) is 4.98 Å². The summed E-state index contributed by atoms with van der Waals surface area (Å²) in [4.78, 5) is 15.7. The molecule has 0 radical (unpaired) electrons. The lowest BCUT2D eigenvalue weighted by Crippen LogP contribution is -2.12. The number of amides is 1. The van der Waals surface area contributed by atoms with Crippen molar-refractivity contribution in [3.8, 4) is 0 Å². The van der Waals surface area contributed by atoms with Gasteiger partial charge in [-0.05, 0) is 36.4 Å². The van der Waals surface area contributed by atoms with E-state index in [1.54, 1.807) is 24.3 Å². The number of halogens is 2. The van der Waals surface area contributed by atoms with Crippen LogP contribution in [0.5, 0.6) is 0 Å². The summed E-state index contributed by atoms with van der Waals surface area (Å²) in [6.07, 6.45) is 0. The second-order valence-electron chi connectivity index (χ2n) is 3.56. The van der Waals surface area contributed by atoms with Crippen molar-refractivity contribution < 1.29 is 4.79 Å². The number of nitrogens with zero attached hydrogens (tertiary/aromatic N) is 1. The minimum atomic E-state index is -0.312. The van der Waals surface area contributed by atoms with Crippen molar-refractivity contribution >= 4 is 40.6 Å². The summed E-state index contributed by atoms with van der Waals surface area (Å²) in [6, 6.07) is 9.68. The summed E-state index contributed by atoms with van der Waals surface area (Å²) in [7, 11) is 0. The fourth-order valence-corrected chi connectivity index (χ4v) is 1.73. The zero-order chi connectivity index (χ0) is 13.1. The molecule has 0 bridgehead atoms. The predicted octanol–water partition coefficient (Wildman–Crippen LogP) is 3.22. The van der Waals surface area contributed by atoms with E-state index in [4.69, 9.17) is 28.9 Å². The van der Waals surface area contributed by atoms with Gasteiger partial charge in [0, 0.05) is 16.3 Å². The van der Waals surface area contributed by atoms with Crippen LogP contribution in [0, 0.1) is 0 Å². The Balaban J connectivity index is 2.19. The van der Waals surface area contributed by atoms with Crippen LogP contribution in [-0.4, -0.2) is 10.9 Å². The molecule has 0 unspecified atom stereocenters. The van der Waals surface area contributed by atoms with Gasteiger partial charge in [-0.15, -0.1) is 0 Å². The Morgan fingerprint density at radius 1 is 1.17 bits per heavy atom. The highest BCUT2D eigenvalue weighted by Crippen LogP contribution is 2.16. The van der Waals surface area contributed by atoms with Crippen molar-refractivity contribution in [3.05, 3.63) is 52.1 Å². The molecule has 92 valence electrons. The first-order valence-corrected chi connectivity index (χ1v) is 5.80. The van der Waals surface area contributed by atoms with E-state index in [0.29, 0.717) is 16.3 Å². The molecule has 1 aromatic heterocycles. The van der Waals surface area contributed by atoms with Gasteiger partial charge in [-0.25, -0.2) is 4.98 Å². The fourth-order valence-electron chi connectivity index (χ4n) is 1.38. The van der Waals surface area contributed by atoms with Gasteiger partial charge in [-0.2, -0.15) is 0 Å². The summed E-state index contributed by atoms with van der Waals surface area (Å²) >= 11 is 11.5. The van der Waals surface area contributed by atoms with Crippen molar-refractivity contribution in [1.29, 1.82) is 0 Å². The third-order valence-electron chi connectivity index (χ3n) is 2.18. The third kappa shape index (κ3) is 3.12. The normalized spacial score (nSPS) is 10.1. The molecule has 1 aromatic carbocycles. The second-order valence-corrected chi connectivity index (χ2v) is 4.39. The maximum Gasteiger partial charge on any atom is 0.255 e. The minimum absolute atomic E-state index is 0.177. The molecule has 6 heteroatoms. The molecule has 2 aromatic rings. The number of carbonyl (C=O) groups excluding carboxylic acids is 1. The minimum Gasteiger partial charge on any atom is -0.384 e. The molecule has 18 heavy (non-hydrogen) atoms. The lowest BCUT2D eigenvalue weighted by Gasteiger charge is -2.06. The summed E-state index contributed by atoms with van der Waals surface area (Å²) in [5, 5.41) is 3.48. The highest BCUT2D eigenvalue weighted by molar-refractivity contribution is 6.30. The van der Waals surface area contributed by atoms with E-state index >= 15 is 0 Å². The average Bonchev–Trinajstić information content (AvgIpc) is 2.31. The quantitative estimate of drug-likeness (QED) is 0.831. The zero-order valence-corrected chi connectivity index (χ0v) is 10.7. The molecule has 0 aliphatic rings. The zero-order valence-electron chi connectivity index (χ0n) is 9.15. The van der Waals surface area contributed by atoms with Crippen molar-refractivity contribution in [3.63, 3.8) is 0 Å². The molecule has 0 saturated carbocycles. The van der Waals surface area contributed by atoms with Crippen LogP contribution in [0.2, 0.25) is 10.2 Å². The maximum atomic E-state index is 11.9. The number of hydrogen-bond donors (Lipinski definition) is 2. The number of anilines is 2. The molecule has 4 nitrogen and oxygen atoms in total. The summed E-state index contributed by atoms with van der Waals surface area (Å²) < 4.78 is 0. The Kier molecular flexibility index (Phi) is 3.69.